The fourth-order valence-corrected chi connectivity index (χ4v) is 5.42. The van der Waals surface area contributed by atoms with E-state index in [1.165, 1.54) is 0 Å². The first-order valence-corrected chi connectivity index (χ1v) is 11.1. The highest BCUT2D eigenvalue weighted by atomic mass is 32.2. The lowest BCUT2D eigenvalue weighted by molar-refractivity contribution is -0.111. The van der Waals surface area contributed by atoms with Crippen LogP contribution >= 0.6 is 37.0 Å². The van der Waals surface area contributed by atoms with Crippen LogP contribution in [0.1, 0.15) is 33.1 Å². The van der Waals surface area contributed by atoms with Gasteiger partial charge in [0, 0.05) is 21.6 Å². The summed E-state index contributed by atoms with van der Waals surface area (Å²) in [5.74, 6) is 2.79. The summed E-state index contributed by atoms with van der Waals surface area (Å²) in [6, 6.07) is 0. The number of carbonyl (C=O) groups excluding carboxylic acids is 1. The molecule has 0 aromatic rings. The SMILES string of the molecule is CCC(CS)(CS)CSC1(C)C=CC=C(C(=O)C2=CCCC=C2)C=C1. The van der Waals surface area contributed by atoms with E-state index in [0.29, 0.717) is 0 Å². The molecule has 0 radical (unpaired) electrons. The minimum atomic E-state index is -0.123. The first-order valence-electron chi connectivity index (χ1n) is 8.83. The van der Waals surface area contributed by atoms with Crippen molar-refractivity contribution in [2.24, 2.45) is 5.41 Å². The van der Waals surface area contributed by atoms with Gasteiger partial charge in [0.1, 0.15) is 0 Å². The van der Waals surface area contributed by atoms with Gasteiger partial charge in [0.25, 0.3) is 0 Å². The maximum Gasteiger partial charge on any atom is 0.192 e. The van der Waals surface area contributed by atoms with E-state index in [1.54, 1.807) is 0 Å². The van der Waals surface area contributed by atoms with Crippen molar-refractivity contribution in [3.05, 3.63) is 59.8 Å². The summed E-state index contributed by atoms with van der Waals surface area (Å²) in [7, 11) is 0. The molecule has 1 atom stereocenters. The van der Waals surface area contributed by atoms with Crippen molar-refractivity contribution in [2.45, 2.75) is 37.9 Å². The largest absolute Gasteiger partial charge is 0.289 e. The number of ketones is 1. The molecule has 0 saturated carbocycles. The third-order valence-corrected chi connectivity index (χ3v) is 7.92. The van der Waals surface area contributed by atoms with Gasteiger partial charge in [-0.25, -0.2) is 0 Å². The van der Waals surface area contributed by atoms with Gasteiger partial charge in [-0.3, -0.25) is 4.79 Å². The van der Waals surface area contributed by atoms with Crippen LogP contribution in [0.2, 0.25) is 0 Å². The quantitative estimate of drug-likeness (QED) is 0.521. The van der Waals surface area contributed by atoms with Crippen molar-refractivity contribution < 1.29 is 4.79 Å². The molecule has 1 nitrogen and oxygen atoms in total. The fraction of sp³-hybridized carbons (Fsp3) is 0.476. The second-order valence-corrected chi connectivity index (χ2v) is 9.01. The van der Waals surface area contributed by atoms with Crippen molar-refractivity contribution in [1.29, 1.82) is 0 Å². The topological polar surface area (TPSA) is 17.1 Å². The number of allylic oxidation sites excluding steroid dienone is 8. The number of thiol groups is 2. The molecule has 0 aromatic heterocycles. The second-order valence-electron chi connectivity index (χ2n) is 6.93. The average Bonchev–Trinajstić information content (AvgIpc) is 2.86. The number of carbonyl (C=O) groups is 1. The molecule has 0 aromatic carbocycles. The lowest BCUT2D eigenvalue weighted by atomic mass is 9.92. The maximum atomic E-state index is 12.7. The zero-order valence-electron chi connectivity index (χ0n) is 15.1. The van der Waals surface area contributed by atoms with Gasteiger partial charge in [-0.1, -0.05) is 55.5 Å². The Bertz CT molecular complexity index is 627. The number of rotatable bonds is 8. The van der Waals surface area contributed by atoms with Gasteiger partial charge in [0.2, 0.25) is 0 Å². The Morgan fingerprint density at radius 1 is 1.20 bits per heavy atom. The van der Waals surface area contributed by atoms with Crippen LogP contribution in [0, 0.1) is 5.41 Å². The molecule has 0 amide bonds. The van der Waals surface area contributed by atoms with Crippen molar-refractivity contribution in [2.75, 3.05) is 17.3 Å². The molecule has 1 unspecified atom stereocenters. The monoisotopic (exact) mass is 392 g/mol. The van der Waals surface area contributed by atoms with Crippen LogP contribution in [0.5, 0.6) is 0 Å². The van der Waals surface area contributed by atoms with E-state index in [0.717, 1.165) is 47.7 Å². The Morgan fingerprint density at radius 2 is 1.96 bits per heavy atom. The maximum absolute atomic E-state index is 12.7. The molecule has 0 N–H and O–H groups in total. The fourth-order valence-electron chi connectivity index (χ4n) is 2.68. The zero-order valence-corrected chi connectivity index (χ0v) is 17.7. The van der Waals surface area contributed by atoms with E-state index in [2.05, 4.69) is 57.3 Å². The van der Waals surface area contributed by atoms with Gasteiger partial charge >= 0.3 is 0 Å². The Hall–Kier alpha value is -0.580. The third-order valence-electron chi connectivity index (χ3n) is 4.93. The molecule has 4 heteroatoms. The molecule has 0 heterocycles. The van der Waals surface area contributed by atoms with Gasteiger partial charge in [0.05, 0.1) is 0 Å². The van der Waals surface area contributed by atoms with Crippen molar-refractivity contribution in [1.82, 2.24) is 0 Å². The van der Waals surface area contributed by atoms with Crippen molar-refractivity contribution >= 4 is 42.8 Å². The number of Topliss-reactive ketones (excluding diaryl/α,β-unsaturated/α-hetero) is 1. The van der Waals surface area contributed by atoms with Gasteiger partial charge in [-0.15, -0.1) is 11.8 Å². The summed E-state index contributed by atoms with van der Waals surface area (Å²) < 4.78 is -0.123. The average molecular weight is 393 g/mol. The lowest BCUT2D eigenvalue weighted by Crippen LogP contribution is -2.30. The molecule has 2 rings (SSSR count). The van der Waals surface area contributed by atoms with Crippen LogP contribution in [-0.2, 0) is 4.79 Å². The van der Waals surface area contributed by atoms with Crippen molar-refractivity contribution in [3.63, 3.8) is 0 Å². The predicted molar refractivity (Wildman–Crippen MR) is 119 cm³/mol. The standard InChI is InChI=1S/C21H28OS3/c1-3-21(14-23,15-24)16-25-20(2)12-7-10-18(11-13-20)19(22)17-8-5-4-6-9-17/h5,7-13,23-24H,3-4,6,14-16H2,1-2H3. The lowest BCUT2D eigenvalue weighted by Gasteiger charge is -2.32. The van der Waals surface area contributed by atoms with Gasteiger partial charge in [-0.05, 0) is 43.1 Å². The smallest absolute Gasteiger partial charge is 0.192 e. The first-order chi connectivity index (χ1) is 12.0. The van der Waals surface area contributed by atoms with Gasteiger partial charge in [-0.2, -0.15) is 25.3 Å². The first kappa shape index (κ1) is 20.7. The van der Waals surface area contributed by atoms with E-state index in [4.69, 9.17) is 0 Å². The van der Waals surface area contributed by atoms with E-state index < -0.39 is 0 Å². The summed E-state index contributed by atoms with van der Waals surface area (Å²) >= 11 is 11.0. The van der Waals surface area contributed by atoms with Gasteiger partial charge in [0.15, 0.2) is 5.78 Å². The second kappa shape index (κ2) is 9.38. The highest BCUT2D eigenvalue weighted by Gasteiger charge is 2.29. The molecule has 0 saturated heterocycles. The number of hydrogen-bond donors (Lipinski definition) is 2. The van der Waals surface area contributed by atoms with Crippen LogP contribution in [0.3, 0.4) is 0 Å². The Kier molecular flexibility index (Phi) is 7.78. The third kappa shape index (κ3) is 5.45. The summed E-state index contributed by atoms with van der Waals surface area (Å²) in [6.07, 6.45) is 19.3. The zero-order chi connectivity index (χ0) is 18.3. The molecule has 2 aliphatic rings. The number of thioether (sulfide) groups is 1. The summed E-state index contributed by atoms with van der Waals surface area (Å²) in [5, 5.41) is 0. The van der Waals surface area contributed by atoms with Crippen LogP contribution in [0.15, 0.2) is 59.8 Å². The number of hydrogen-bond acceptors (Lipinski definition) is 4. The minimum Gasteiger partial charge on any atom is -0.289 e. The van der Waals surface area contributed by atoms with Gasteiger partial charge < -0.3 is 0 Å². The van der Waals surface area contributed by atoms with Crippen LogP contribution < -0.4 is 0 Å². The highest BCUT2D eigenvalue weighted by Crippen LogP contribution is 2.38. The molecule has 2 aliphatic carbocycles. The van der Waals surface area contributed by atoms with Crippen LogP contribution in [0.4, 0.5) is 0 Å². The molecule has 25 heavy (non-hydrogen) atoms. The van der Waals surface area contributed by atoms with E-state index in [1.807, 2.05) is 42.1 Å². The Morgan fingerprint density at radius 3 is 2.56 bits per heavy atom. The highest BCUT2D eigenvalue weighted by molar-refractivity contribution is 8.01. The molecular weight excluding hydrogens is 364 g/mol. The Labute approximate surface area is 167 Å². The molecule has 0 spiro atoms. The molecule has 136 valence electrons. The van der Waals surface area contributed by atoms with Crippen molar-refractivity contribution in [3.8, 4) is 0 Å². The minimum absolute atomic E-state index is 0.111. The summed E-state index contributed by atoms with van der Waals surface area (Å²) in [4.78, 5) is 12.7. The molecular formula is C21H28OS3. The van der Waals surface area contributed by atoms with E-state index >= 15 is 0 Å². The van der Waals surface area contributed by atoms with Crippen LogP contribution in [-0.4, -0.2) is 27.8 Å². The Balaban J connectivity index is 2.08. The van der Waals surface area contributed by atoms with Crippen LogP contribution in [0.25, 0.3) is 0 Å². The molecule has 0 aliphatic heterocycles. The predicted octanol–water partition coefficient (Wildman–Crippen LogP) is 5.63. The summed E-state index contributed by atoms with van der Waals surface area (Å²) in [5.41, 5.74) is 1.71. The normalized spacial score (nSPS) is 23.2. The molecule has 0 fully saturated rings. The summed E-state index contributed by atoms with van der Waals surface area (Å²) in [6.45, 7) is 4.40. The molecule has 0 bridgehead atoms. The van der Waals surface area contributed by atoms with E-state index in [9.17, 15) is 4.79 Å². The van der Waals surface area contributed by atoms with E-state index in [-0.39, 0.29) is 15.9 Å².